The van der Waals surface area contributed by atoms with Gasteiger partial charge in [0.2, 0.25) is 0 Å². The van der Waals surface area contributed by atoms with Crippen LogP contribution in [0.1, 0.15) is 20.3 Å². The largest absolute Gasteiger partial charge is 0.176 e. The molecule has 33 heavy (non-hydrogen) atoms. The Hall–Kier alpha value is -1.72. The van der Waals surface area contributed by atoms with Crippen molar-refractivity contribution in [1.82, 2.24) is 0 Å². The van der Waals surface area contributed by atoms with Gasteiger partial charge >= 0.3 is 0 Å². The molecule has 6 rings (SSSR count). The van der Waals surface area contributed by atoms with Gasteiger partial charge in [0.05, 0.1) is 41.4 Å². The average molecular weight is 503 g/mol. The van der Waals surface area contributed by atoms with E-state index in [0.717, 1.165) is 0 Å². The van der Waals surface area contributed by atoms with Crippen LogP contribution in [0, 0.1) is 0 Å². The summed E-state index contributed by atoms with van der Waals surface area (Å²) in [5.41, 5.74) is 0. The molecule has 2 aliphatic rings. The molecule has 2 aliphatic heterocycles. The summed E-state index contributed by atoms with van der Waals surface area (Å²) in [4.78, 5) is 11.9. The molecule has 0 unspecified atom stereocenters. The molecular weight excluding hydrogens is 477 g/mol. The summed E-state index contributed by atoms with van der Waals surface area (Å²) in [5.74, 6) is 0. The summed E-state index contributed by atoms with van der Waals surface area (Å²) in [6.07, 6.45) is 1.18. The van der Waals surface area contributed by atoms with Crippen LogP contribution in [0.25, 0.3) is 0 Å². The third-order valence-electron chi connectivity index (χ3n) is 6.38. The quantitative estimate of drug-likeness (QED) is 0.256. The Morgan fingerprint density at radius 1 is 0.545 bits per heavy atom. The minimum Gasteiger partial charge on any atom is -0.0795 e. The highest BCUT2D eigenvalue weighted by molar-refractivity contribution is 8.06. The monoisotopic (exact) mass is 502 g/mol. The number of fused-ring (bicyclic) bond motifs is 4. The second kappa shape index (κ2) is 9.14. The molecule has 2 heterocycles. The van der Waals surface area contributed by atoms with Crippen LogP contribution in [0.5, 0.6) is 0 Å². The van der Waals surface area contributed by atoms with E-state index in [4.69, 9.17) is 0 Å². The van der Waals surface area contributed by atoms with E-state index in [1.54, 1.807) is 0 Å². The molecule has 0 bridgehead atoms. The van der Waals surface area contributed by atoms with Crippen molar-refractivity contribution in [2.24, 2.45) is 0 Å². The Morgan fingerprint density at radius 3 is 1.24 bits per heavy atom. The maximum atomic E-state index is 2.53. The molecule has 0 aliphatic carbocycles. The van der Waals surface area contributed by atoms with Crippen molar-refractivity contribution in [2.45, 2.75) is 69.9 Å². The van der Waals surface area contributed by atoms with Gasteiger partial charge in [-0.3, -0.25) is 0 Å². The van der Waals surface area contributed by atoms with E-state index in [-0.39, 0.29) is 21.8 Å². The Kier molecular flexibility index (Phi) is 6.04. The van der Waals surface area contributed by atoms with Gasteiger partial charge in [0, 0.05) is 0 Å². The highest BCUT2D eigenvalue weighted by Gasteiger charge is 2.52. The zero-order chi connectivity index (χ0) is 22.4. The van der Waals surface area contributed by atoms with Gasteiger partial charge in [-0.1, -0.05) is 79.0 Å². The highest BCUT2D eigenvalue weighted by atomic mass is 32.2. The molecule has 0 radical (unpaired) electrons. The van der Waals surface area contributed by atoms with Crippen LogP contribution >= 0.6 is 23.5 Å². The molecule has 0 spiro atoms. The minimum atomic E-state index is 0.0548. The Balaban J connectivity index is 1.50. The predicted molar refractivity (Wildman–Crippen MR) is 145 cm³/mol. The van der Waals surface area contributed by atoms with E-state index < -0.39 is 0 Å². The van der Waals surface area contributed by atoms with Crippen molar-refractivity contribution in [3.63, 3.8) is 0 Å². The third-order valence-corrected chi connectivity index (χ3v) is 15.1. The molecule has 0 saturated heterocycles. The summed E-state index contributed by atoms with van der Waals surface area (Å²) < 4.78 is 0. The lowest BCUT2D eigenvalue weighted by atomic mass is 10.2. The van der Waals surface area contributed by atoms with Gasteiger partial charge in [-0.15, -0.1) is 0 Å². The Labute approximate surface area is 211 Å². The number of benzene rings is 4. The van der Waals surface area contributed by atoms with Crippen LogP contribution in [0.4, 0.5) is 0 Å². The van der Waals surface area contributed by atoms with Gasteiger partial charge in [0.15, 0.2) is 30.1 Å². The molecule has 0 fully saturated rings. The lowest BCUT2D eigenvalue weighted by Gasteiger charge is -2.29. The van der Waals surface area contributed by atoms with Crippen molar-refractivity contribution >= 4 is 45.3 Å². The molecule has 0 N–H and O–H groups in total. The first-order valence-corrected chi connectivity index (χ1v) is 15.6. The fourth-order valence-electron chi connectivity index (χ4n) is 4.91. The second-order valence-electron chi connectivity index (χ2n) is 8.32. The number of hydrogen-bond donors (Lipinski definition) is 0. The van der Waals surface area contributed by atoms with Crippen LogP contribution in [0.15, 0.2) is 136 Å². The van der Waals surface area contributed by atoms with Crippen molar-refractivity contribution < 1.29 is 0 Å². The van der Waals surface area contributed by atoms with Crippen LogP contribution in [-0.4, -0.2) is 10.5 Å². The fourth-order valence-corrected chi connectivity index (χ4v) is 14.1. The molecule has 0 nitrogen and oxygen atoms in total. The van der Waals surface area contributed by atoms with Crippen molar-refractivity contribution in [3.05, 3.63) is 97.1 Å². The fraction of sp³-hybridized carbons (Fsp3) is 0.172. The standard InChI is InChI=1S/C29H26S4/c1-3-25(33-28-18-10-6-14-23(28)31-24-15-7-11-19-29(24)33)20(2)32-26-16-8-4-12-21(26)30-22-13-5-9-17-27(22)32/h4-20,25H,3H2,1-2H3/q+2/t20-,25+/m1/s1. The molecule has 2 atom stereocenters. The van der Waals surface area contributed by atoms with Crippen molar-refractivity contribution in [3.8, 4) is 0 Å². The maximum Gasteiger partial charge on any atom is 0.176 e. The van der Waals surface area contributed by atoms with Crippen LogP contribution in [0.3, 0.4) is 0 Å². The van der Waals surface area contributed by atoms with Gasteiger partial charge in [-0.05, 0) is 61.9 Å². The lowest BCUT2D eigenvalue weighted by Crippen LogP contribution is -2.39. The van der Waals surface area contributed by atoms with Crippen molar-refractivity contribution in [2.75, 3.05) is 0 Å². The summed E-state index contributed by atoms with van der Waals surface area (Å²) in [7, 11) is 0.116. The van der Waals surface area contributed by atoms with E-state index in [2.05, 4.69) is 111 Å². The molecule has 4 aromatic carbocycles. The van der Waals surface area contributed by atoms with Crippen LogP contribution < -0.4 is 0 Å². The van der Waals surface area contributed by atoms with Gasteiger partial charge in [0.1, 0.15) is 0 Å². The predicted octanol–water partition coefficient (Wildman–Crippen LogP) is 8.56. The molecule has 4 aromatic rings. The van der Waals surface area contributed by atoms with Gasteiger partial charge < -0.3 is 0 Å². The van der Waals surface area contributed by atoms with E-state index in [1.807, 2.05) is 23.5 Å². The average Bonchev–Trinajstić information content (AvgIpc) is 2.87. The van der Waals surface area contributed by atoms with Gasteiger partial charge in [0.25, 0.3) is 0 Å². The smallest absolute Gasteiger partial charge is 0.0795 e. The normalized spacial score (nSPS) is 16.8. The van der Waals surface area contributed by atoms with E-state index >= 15 is 0 Å². The molecule has 164 valence electrons. The topological polar surface area (TPSA) is 0 Å². The van der Waals surface area contributed by atoms with Gasteiger partial charge in [-0.25, -0.2) is 0 Å². The van der Waals surface area contributed by atoms with E-state index in [1.165, 1.54) is 45.6 Å². The highest BCUT2D eigenvalue weighted by Crippen LogP contribution is 2.52. The summed E-state index contributed by atoms with van der Waals surface area (Å²) in [6.45, 7) is 4.93. The maximum absolute atomic E-state index is 2.53. The third kappa shape index (κ3) is 3.76. The summed E-state index contributed by atoms with van der Waals surface area (Å²) in [6, 6.07) is 36.5. The zero-order valence-electron chi connectivity index (χ0n) is 18.7. The lowest BCUT2D eigenvalue weighted by molar-refractivity contribution is 0.781. The van der Waals surface area contributed by atoms with E-state index in [9.17, 15) is 0 Å². The minimum absolute atomic E-state index is 0.0548. The summed E-state index contributed by atoms with van der Waals surface area (Å²) >= 11 is 3.89. The molecule has 0 amide bonds. The number of rotatable bonds is 4. The van der Waals surface area contributed by atoms with Gasteiger partial charge in [-0.2, -0.15) is 0 Å². The second-order valence-corrected chi connectivity index (χ2v) is 14.9. The van der Waals surface area contributed by atoms with Crippen LogP contribution in [0.2, 0.25) is 0 Å². The first-order valence-electron chi connectivity index (χ1n) is 11.4. The molecule has 0 saturated carbocycles. The van der Waals surface area contributed by atoms with Crippen molar-refractivity contribution in [1.29, 1.82) is 0 Å². The molecular formula is C29H26S4+2. The first kappa shape index (κ1) is 21.8. The Morgan fingerprint density at radius 2 is 0.879 bits per heavy atom. The number of hydrogen-bond acceptors (Lipinski definition) is 2. The summed E-state index contributed by atoms with van der Waals surface area (Å²) in [5, 5.41) is 1.13. The first-order chi connectivity index (χ1) is 16.3. The molecule has 0 aromatic heterocycles. The molecule has 4 heteroatoms. The Bertz CT molecular complexity index is 1220. The van der Waals surface area contributed by atoms with E-state index in [0.29, 0.717) is 10.5 Å². The SMILES string of the molecule is CC[C@@H]([C@@H](C)[S+]1c2ccccc2Sc2ccccc21)[S+]1c2ccccc2Sc2ccccc21. The van der Waals surface area contributed by atoms with Crippen LogP contribution in [-0.2, 0) is 21.8 Å². The zero-order valence-corrected chi connectivity index (χ0v) is 22.0.